The number of hydrogen-bond donors (Lipinski definition) is 0. The molecule has 7 aromatic heterocycles. The summed E-state index contributed by atoms with van der Waals surface area (Å²) in [6.45, 7) is 0. The number of furan rings is 1. The number of nitrogens with zero attached hydrogens (tertiary/aromatic N) is 7. The summed E-state index contributed by atoms with van der Waals surface area (Å²) in [6, 6.07) is 44.9. The second-order valence-electron chi connectivity index (χ2n) is 16.4. The Labute approximate surface area is 362 Å². The Bertz CT molecular complexity index is 3690. The second kappa shape index (κ2) is 14.2. The summed E-state index contributed by atoms with van der Waals surface area (Å²) in [5, 5.41) is 3.35. The van der Waals surface area contributed by atoms with Gasteiger partial charge in [0.1, 0.15) is 22.5 Å². The van der Waals surface area contributed by atoms with E-state index in [2.05, 4.69) is 151 Å². The van der Waals surface area contributed by atoms with Crippen molar-refractivity contribution in [1.82, 2.24) is 29.1 Å². The van der Waals surface area contributed by atoms with Crippen LogP contribution in [0.15, 0.2) is 180 Å². The number of benzene rings is 4. The van der Waals surface area contributed by atoms with E-state index in [1.54, 1.807) is 0 Å². The maximum Gasteiger partial charge on any atom is 0.135 e. The van der Waals surface area contributed by atoms with Crippen molar-refractivity contribution in [3.63, 3.8) is 0 Å². The highest BCUT2D eigenvalue weighted by Gasteiger charge is 2.26. The molecular weight excluding hydrogens is 775 g/mol. The number of pyridine rings is 4. The molecule has 0 amide bonds. The third kappa shape index (κ3) is 5.79. The molecule has 8 nitrogen and oxygen atoms in total. The van der Waals surface area contributed by atoms with E-state index in [1.807, 2.05) is 49.3 Å². The zero-order chi connectivity index (χ0) is 41.4. The first-order valence-electron chi connectivity index (χ1n) is 21.5. The van der Waals surface area contributed by atoms with E-state index in [-0.39, 0.29) is 0 Å². The van der Waals surface area contributed by atoms with Gasteiger partial charge in [-0.15, -0.1) is 0 Å². The highest BCUT2D eigenvalue weighted by molar-refractivity contribution is 6.11. The molecule has 8 heterocycles. The van der Waals surface area contributed by atoms with E-state index < -0.39 is 0 Å². The first kappa shape index (κ1) is 35.5. The smallest absolute Gasteiger partial charge is 0.135 e. The summed E-state index contributed by atoms with van der Waals surface area (Å²) in [5.74, 6) is 1.07. The predicted octanol–water partition coefficient (Wildman–Crippen LogP) is 13.1. The van der Waals surface area contributed by atoms with Crippen LogP contribution in [-0.4, -0.2) is 34.8 Å². The van der Waals surface area contributed by atoms with Crippen LogP contribution in [0, 0.1) is 0 Å². The lowest BCUT2D eigenvalue weighted by atomic mass is 9.99. The van der Waals surface area contributed by atoms with Crippen molar-refractivity contribution in [3.05, 3.63) is 193 Å². The van der Waals surface area contributed by atoms with E-state index in [0.29, 0.717) is 0 Å². The lowest BCUT2D eigenvalue weighted by molar-refractivity contribution is 0.546. The average molecular weight is 812 g/mol. The normalized spacial score (nSPS) is 13.5. The highest BCUT2D eigenvalue weighted by atomic mass is 16.3. The van der Waals surface area contributed by atoms with E-state index in [0.717, 1.165) is 143 Å². The molecule has 8 heteroatoms. The van der Waals surface area contributed by atoms with Gasteiger partial charge in [0.25, 0.3) is 0 Å². The summed E-state index contributed by atoms with van der Waals surface area (Å²) in [6.07, 6.45) is 19.5. The molecule has 0 radical (unpaired) electrons. The Balaban J connectivity index is 0.991. The Morgan fingerprint density at radius 1 is 0.508 bits per heavy atom. The fourth-order valence-electron chi connectivity index (χ4n) is 9.74. The molecule has 4 aromatic carbocycles. The number of allylic oxidation sites excluding steroid dienone is 1. The largest absolute Gasteiger partial charge is 0.460 e. The number of hydrogen-bond acceptors (Lipinski definition) is 6. The summed E-state index contributed by atoms with van der Waals surface area (Å²) in [7, 11) is 0. The lowest BCUT2D eigenvalue weighted by Gasteiger charge is -2.17. The topological polar surface area (TPSA) is 86.9 Å². The number of aromatic nitrogens is 6. The molecule has 298 valence electrons. The van der Waals surface area contributed by atoms with Gasteiger partial charge in [0.2, 0.25) is 0 Å². The number of rotatable bonds is 6. The van der Waals surface area contributed by atoms with Gasteiger partial charge < -0.3 is 13.6 Å². The van der Waals surface area contributed by atoms with Crippen molar-refractivity contribution in [3.8, 4) is 44.9 Å². The standard InChI is InChI=1S/C55H37N7O/c1-3-9-34(10-4-1)36-25-38(31-57-29-36)46-17-20-50-54(59-46)55-51(21-18-47(60-55)39-26-37(30-58-32-39)35-11-5-2-6-12-35)62(50)40-15-19-48-43(27-40)45-33-56-24-23-49(45)61(48)41-16-22-53-44(28-41)42-13-7-8-14-52(42)63-53/h1-7,9-13,15-17,19-20,22-33H,8,14,18,21H2. The van der Waals surface area contributed by atoms with Crippen LogP contribution in [0.4, 0.5) is 5.69 Å². The molecular formula is C55H37N7O. The van der Waals surface area contributed by atoms with Crippen molar-refractivity contribution >= 4 is 61.3 Å². The van der Waals surface area contributed by atoms with Gasteiger partial charge in [-0.25, -0.2) is 9.98 Å². The Hall–Kier alpha value is -8.23. The van der Waals surface area contributed by atoms with Crippen LogP contribution in [0.1, 0.15) is 35.4 Å². The van der Waals surface area contributed by atoms with Crippen molar-refractivity contribution in [2.45, 2.75) is 25.7 Å². The first-order valence-corrected chi connectivity index (χ1v) is 21.5. The lowest BCUT2D eigenvalue weighted by Crippen LogP contribution is -2.10. The maximum absolute atomic E-state index is 6.29. The number of fused-ring (bicyclic) bond motifs is 9. The summed E-state index contributed by atoms with van der Waals surface area (Å²) in [5.41, 5.74) is 18.5. The van der Waals surface area contributed by atoms with Crippen molar-refractivity contribution in [2.24, 2.45) is 4.99 Å². The molecule has 0 fully saturated rings. The van der Waals surface area contributed by atoms with Gasteiger partial charge in [0.15, 0.2) is 0 Å². The Morgan fingerprint density at radius 3 is 2.03 bits per heavy atom. The van der Waals surface area contributed by atoms with Crippen LogP contribution in [0.25, 0.3) is 94.8 Å². The summed E-state index contributed by atoms with van der Waals surface area (Å²) >= 11 is 0. The molecule has 0 saturated heterocycles. The first-order chi connectivity index (χ1) is 31.2. The van der Waals surface area contributed by atoms with E-state index in [1.165, 1.54) is 5.56 Å². The molecule has 63 heavy (non-hydrogen) atoms. The molecule has 0 unspecified atom stereocenters. The molecule has 1 aliphatic carbocycles. The van der Waals surface area contributed by atoms with Crippen LogP contribution < -0.4 is 0 Å². The van der Waals surface area contributed by atoms with Gasteiger partial charge in [0.05, 0.1) is 33.6 Å². The molecule has 0 spiro atoms. The van der Waals surface area contributed by atoms with E-state index >= 15 is 0 Å². The van der Waals surface area contributed by atoms with Crippen LogP contribution in [0.3, 0.4) is 0 Å². The van der Waals surface area contributed by atoms with E-state index in [4.69, 9.17) is 14.4 Å². The van der Waals surface area contributed by atoms with Crippen molar-refractivity contribution in [2.75, 3.05) is 0 Å². The molecule has 0 N–H and O–H groups in total. The fourth-order valence-corrected chi connectivity index (χ4v) is 9.74. The molecule has 0 saturated carbocycles. The minimum Gasteiger partial charge on any atom is -0.460 e. The van der Waals surface area contributed by atoms with Crippen LogP contribution in [0.2, 0.25) is 0 Å². The fraction of sp³-hybridized carbons (Fsp3) is 0.0727. The average Bonchev–Trinajstić information content (AvgIpc) is 4.01. The Morgan fingerprint density at radius 2 is 1.21 bits per heavy atom. The molecule has 0 atom stereocenters. The minimum atomic E-state index is 0.764. The quantitative estimate of drug-likeness (QED) is 0.167. The van der Waals surface area contributed by atoms with Gasteiger partial charge in [-0.2, -0.15) is 0 Å². The summed E-state index contributed by atoms with van der Waals surface area (Å²) in [4.78, 5) is 24.9. The van der Waals surface area contributed by atoms with Gasteiger partial charge in [0, 0.05) is 99.0 Å². The third-order valence-electron chi connectivity index (χ3n) is 12.7. The zero-order valence-electron chi connectivity index (χ0n) is 34.1. The van der Waals surface area contributed by atoms with Gasteiger partial charge in [-0.05, 0) is 97.1 Å². The van der Waals surface area contributed by atoms with Gasteiger partial charge >= 0.3 is 0 Å². The third-order valence-corrected chi connectivity index (χ3v) is 12.7. The highest BCUT2D eigenvalue weighted by Crippen LogP contribution is 2.42. The number of aryl methyl sites for hydroxylation is 1. The van der Waals surface area contributed by atoms with Crippen LogP contribution >= 0.6 is 0 Å². The van der Waals surface area contributed by atoms with Gasteiger partial charge in [-0.3, -0.25) is 15.0 Å². The molecule has 0 bridgehead atoms. The van der Waals surface area contributed by atoms with Gasteiger partial charge in [-0.1, -0.05) is 72.8 Å². The predicted molar refractivity (Wildman–Crippen MR) is 253 cm³/mol. The molecule has 2 aliphatic rings. The second-order valence-corrected chi connectivity index (χ2v) is 16.4. The van der Waals surface area contributed by atoms with Crippen molar-refractivity contribution in [1.29, 1.82) is 0 Å². The van der Waals surface area contributed by atoms with Crippen LogP contribution in [0.5, 0.6) is 0 Å². The van der Waals surface area contributed by atoms with Crippen molar-refractivity contribution < 1.29 is 4.42 Å². The monoisotopic (exact) mass is 811 g/mol. The zero-order valence-corrected chi connectivity index (χ0v) is 34.1. The van der Waals surface area contributed by atoms with E-state index in [9.17, 15) is 0 Å². The molecule has 11 aromatic rings. The summed E-state index contributed by atoms with van der Waals surface area (Å²) < 4.78 is 11.0. The number of aliphatic imine (C=N–C) groups is 1. The molecule has 13 rings (SSSR count). The van der Waals surface area contributed by atoms with Crippen LogP contribution in [-0.2, 0) is 12.8 Å². The minimum absolute atomic E-state index is 0.764. The SMILES string of the molecule is C1=Cc2c(oc3ccc(-n4c5ccncc5c5cc(-n6c7c(c8nc(-c9cncc(-c%10ccccc%10)c9)ccc86)N=C(c6cncc(-c8ccccc8)c6)CC7)ccc54)cc23)CC1. The Kier molecular flexibility index (Phi) is 7.99. The molecule has 1 aliphatic heterocycles. The maximum atomic E-state index is 6.29.